The number of rotatable bonds is 4. The van der Waals surface area contributed by atoms with Crippen LogP contribution in [0.15, 0.2) is 36.7 Å². The van der Waals surface area contributed by atoms with E-state index in [0.717, 1.165) is 44.2 Å². The smallest absolute Gasteiger partial charge is 0.475 e. The van der Waals surface area contributed by atoms with Gasteiger partial charge >= 0.3 is 12.1 Å². The van der Waals surface area contributed by atoms with Crippen LogP contribution in [0.1, 0.15) is 12.1 Å². The molecule has 5 heterocycles. The van der Waals surface area contributed by atoms with Crippen molar-refractivity contribution in [2.75, 3.05) is 51.5 Å². The van der Waals surface area contributed by atoms with E-state index in [1.165, 1.54) is 5.69 Å². The van der Waals surface area contributed by atoms with Gasteiger partial charge in [0.1, 0.15) is 5.54 Å². The predicted octanol–water partition coefficient (Wildman–Crippen LogP) is 2.29. The number of carbonyl (C=O) groups excluding carboxylic acids is 1. The molecule has 0 aromatic carbocycles. The summed E-state index contributed by atoms with van der Waals surface area (Å²) in [6.45, 7) is 4.41. The molecule has 2 aromatic rings. The minimum absolute atomic E-state index is 0.177. The topological polar surface area (TPSA) is 97.1 Å². The van der Waals surface area contributed by atoms with Crippen LogP contribution in [-0.2, 0) is 24.6 Å². The van der Waals surface area contributed by atoms with Crippen molar-refractivity contribution < 1.29 is 37.3 Å². The number of pyridine rings is 1. The highest BCUT2D eigenvalue weighted by Crippen LogP contribution is 2.53. The van der Waals surface area contributed by atoms with E-state index in [1.54, 1.807) is 7.11 Å². The van der Waals surface area contributed by atoms with Gasteiger partial charge < -0.3 is 28.9 Å². The first-order valence-electron chi connectivity index (χ1n) is 11.8. The first-order chi connectivity index (χ1) is 17.2. The van der Waals surface area contributed by atoms with Crippen molar-refractivity contribution in [3.8, 4) is 5.82 Å². The van der Waals surface area contributed by atoms with Crippen molar-refractivity contribution in [3.05, 3.63) is 42.4 Å². The summed E-state index contributed by atoms with van der Waals surface area (Å²) in [5, 5.41) is 7.12. The van der Waals surface area contributed by atoms with E-state index in [9.17, 15) is 18.0 Å². The molecule has 1 spiro atoms. The highest BCUT2D eigenvalue weighted by Gasteiger charge is 2.61. The lowest BCUT2D eigenvalue weighted by molar-refractivity contribution is -0.192. The number of hydrogen-bond acceptors (Lipinski definition) is 6. The van der Waals surface area contributed by atoms with E-state index in [0.29, 0.717) is 30.9 Å². The number of aromatic nitrogens is 2. The van der Waals surface area contributed by atoms with Gasteiger partial charge in [-0.3, -0.25) is 4.79 Å². The lowest BCUT2D eigenvalue weighted by Gasteiger charge is -2.47. The highest BCUT2D eigenvalue weighted by atomic mass is 19.4. The highest BCUT2D eigenvalue weighted by molar-refractivity contribution is 5.83. The van der Waals surface area contributed by atoms with E-state index in [-0.39, 0.29) is 11.5 Å². The molecule has 3 aliphatic heterocycles. The van der Waals surface area contributed by atoms with E-state index < -0.39 is 12.1 Å². The second kappa shape index (κ2) is 9.07. The molecule has 2 saturated heterocycles. The van der Waals surface area contributed by atoms with Gasteiger partial charge in [0.05, 0.1) is 31.2 Å². The Morgan fingerprint density at radius 2 is 1.97 bits per heavy atom. The van der Waals surface area contributed by atoms with Crippen LogP contribution in [0.4, 0.5) is 18.9 Å². The summed E-state index contributed by atoms with van der Waals surface area (Å²) in [7, 11) is 1.74. The third kappa shape index (κ3) is 4.01. The minimum atomic E-state index is -5.08. The number of alkyl halides is 3. The van der Waals surface area contributed by atoms with Gasteiger partial charge in [0.15, 0.2) is 5.82 Å². The molecule has 1 amide bonds. The van der Waals surface area contributed by atoms with Gasteiger partial charge in [-0.15, -0.1) is 0 Å². The van der Waals surface area contributed by atoms with E-state index >= 15 is 0 Å². The molecule has 194 valence electrons. The number of fused-ring (bicyclic) bond motifs is 5. The maximum absolute atomic E-state index is 13.3. The third-order valence-corrected chi connectivity index (χ3v) is 7.59. The molecule has 1 saturated carbocycles. The molecule has 36 heavy (non-hydrogen) atoms. The summed E-state index contributed by atoms with van der Waals surface area (Å²) in [6, 6.07) is 8.40. The number of likely N-dealkylation sites (tertiary alicyclic amines) is 1. The summed E-state index contributed by atoms with van der Waals surface area (Å²) >= 11 is 0. The van der Waals surface area contributed by atoms with E-state index in [4.69, 9.17) is 19.4 Å². The fourth-order valence-corrected chi connectivity index (χ4v) is 5.84. The van der Waals surface area contributed by atoms with Gasteiger partial charge in [0.25, 0.3) is 0 Å². The third-order valence-electron chi connectivity index (χ3n) is 7.59. The maximum Gasteiger partial charge on any atom is 0.490 e. The monoisotopic (exact) mass is 508 g/mol. The molecular weight excluding hydrogens is 481 g/mol. The van der Waals surface area contributed by atoms with Crippen LogP contribution < -0.4 is 4.90 Å². The number of anilines is 1. The van der Waals surface area contributed by atoms with Crippen LogP contribution in [0.25, 0.3) is 5.82 Å². The van der Waals surface area contributed by atoms with Crippen LogP contribution in [0.3, 0.4) is 0 Å². The lowest BCUT2D eigenvalue weighted by atomic mass is 9.89. The van der Waals surface area contributed by atoms with E-state index in [2.05, 4.69) is 43.7 Å². The molecule has 9 nitrogen and oxygen atoms in total. The second-order valence-corrected chi connectivity index (χ2v) is 9.49. The molecule has 2 aromatic heterocycles. The largest absolute Gasteiger partial charge is 0.490 e. The molecule has 4 atom stereocenters. The number of amides is 1. The lowest BCUT2D eigenvalue weighted by Crippen LogP contribution is -2.54. The average Bonchev–Trinajstić information content (AvgIpc) is 3.33. The Bertz CT molecular complexity index is 1140. The van der Waals surface area contributed by atoms with Gasteiger partial charge in [-0.05, 0) is 42.5 Å². The number of carboxylic acids is 1. The molecule has 4 aliphatic rings. The number of carbonyl (C=O) groups is 2. The van der Waals surface area contributed by atoms with E-state index in [1.807, 2.05) is 12.3 Å². The van der Waals surface area contributed by atoms with Gasteiger partial charge in [0, 0.05) is 45.1 Å². The second-order valence-electron chi connectivity index (χ2n) is 9.49. The van der Waals surface area contributed by atoms with Crippen molar-refractivity contribution in [2.45, 2.75) is 18.1 Å². The summed E-state index contributed by atoms with van der Waals surface area (Å²) < 4.78 is 44.9. The Morgan fingerprint density at radius 1 is 1.25 bits per heavy atom. The number of carboxylic acid groups (broad SMARTS) is 1. The summed E-state index contributed by atoms with van der Waals surface area (Å²) in [4.78, 5) is 31.4. The molecule has 1 N–H and O–H groups in total. The summed E-state index contributed by atoms with van der Waals surface area (Å²) in [5.74, 6) is -0.412. The zero-order valence-corrected chi connectivity index (χ0v) is 19.6. The maximum atomic E-state index is 13.3. The predicted molar refractivity (Wildman–Crippen MR) is 121 cm³/mol. The molecule has 12 heteroatoms. The van der Waals surface area contributed by atoms with Crippen molar-refractivity contribution in [2.24, 2.45) is 17.8 Å². The zero-order valence-electron chi connectivity index (χ0n) is 19.6. The molecule has 1 aliphatic carbocycles. The first kappa shape index (κ1) is 24.6. The van der Waals surface area contributed by atoms with Crippen LogP contribution >= 0.6 is 0 Å². The normalized spacial score (nSPS) is 27.7. The fraction of sp³-hybridized carbons (Fsp3) is 0.542. The summed E-state index contributed by atoms with van der Waals surface area (Å²) in [5.41, 5.74) is 2.09. The quantitative estimate of drug-likeness (QED) is 0.677. The van der Waals surface area contributed by atoms with Crippen LogP contribution in [0.5, 0.6) is 0 Å². The van der Waals surface area contributed by atoms with Gasteiger partial charge in [0.2, 0.25) is 5.91 Å². The number of aliphatic carboxylic acids is 1. The van der Waals surface area contributed by atoms with Crippen LogP contribution in [-0.4, -0.2) is 84.2 Å². The molecular formula is C24H27F3N4O5. The fourth-order valence-electron chi connectivity index (χ4n) is 5.84. The Kier molecular flexibility index (Phi) is 6.19. The number of ether oxygens (including phenoxy) is 2. The van der Waals surface area contributed by atoms with Gasteiger partial charge in [-0.25, -0.2) is 9.78 Å². The van der Waals surface area contributed by atoms with Crippen molar-refractivity contribution >= 4 is 17.6 Å². The van der Waals surface area contributed by atoms with Gasteiger partial charge in [-0.2, -0.15) is 13.2 Å². The zero-order chi connectivity index (χ0) is 25.7. The number of halogens is 3. The van der Waals surface area contributed by atoms with Gasteiger partial charge in [-0.1, -0.05) is 0 Å². The average molecular weight is 508 g/mol. The van der Waals surface area contributed by atoms with Crippen molar-refractivity contribution in [3.63, 3.8) is 0 Å². The number of methoxy groups -OCH3 is 1. The SMILES string of the molecule is COCCN1c2cccnc2-n2cccc2C12CCN(C(=O)C1[C@H]3COC[C@@H]13)C2.O=C(O)C(F)(F)F. The number of nitrogens with zero attached hydrogens (tertiary/aromatic N) is 4. The molecule has 0 radical (unpaired) electrons. The number of hydrogen-bond donors (Lipinski definition) is 1. The van der Waals surface area contributed by atoms with Crippen molar-refractivity contribution in [1.82, 2.24) is 14.5 Å². The Labute approximate surface area is 205 Å². The molecule has 6 rings (SSSR count). The molecule has 2 unspecified atom stereocenters. The minimum Gasteiger partial charge on any atom is -0.475 e. The summed E-state index contributed by atoms with van der Waals surface area (Å²) in [6.07, 6.45) is -0.240. The molecule has 3 fully saturated rings. The first-order valence-corrected chi connectivity index (χ1v) is 11.8. The molecule has 0 bridgehead atoms. The Hall–Kier alpha value is -3.12. The Balaban J connectivity index is 0.000000338. The van der Waals surface area contributed by atoms with Crippen molar-refractivity contribution in [1.29, 1.82) is 0 Å². The standard InChI is InChI=1S/C22H26N4O3.C2HF3O2/c1-28-11-10-26-17-4-2-7-23-20(17)25-8-3-5-18(25)22(26)6-9-24(14-22)21(27)19-15-12-29-13-16(15)19;3-2(4,5)1(6)7/h2-5,7-8,15-16,19H,6,9-14H2,1H3;(H,6,7)/t15-,16+,19?,22?;. The Morgan fingerprint density at radius 3 is 2.64 bits per heavy atom. The van der Waals surface area contributed by atoms with Crippen LogP contribution in [0, 0.1) is 17.8 Å². The van der Waals surface area contributed by atoms with Crippen LogP contribution in [0.2, 0.25) is 0 Å².